The number of urea groups is 1. The second-order valence-electron chi connectivity index (χ2n) is 7.24. The SMILES string of the molecule is C#CCn1nc(CNC(=O)NC(c2ccccc2)c2ccccc2)c2ccccc2c1=O. The van der Waals surface area contributed by atoms with E-state index in [0.29, 0.717) is 16.5 Å². The Labute approximate surface area is 185 Å². The van der Waals surface area contributed by atoms with Gasteiger partial charge in [0.2, 0.25) is 0 Å². The maximum absolute atomic E-state index is 12.8. The molecular formula is C26H22N4O2. The predicted octanol–water partition coefficient (Wildman–Crippen LogP) is 3.62. The number of carbonyl (C=O) groups excluding carboxylic acids is 1. The van der Waals surface area contributed by atoms with Crippen LogP contribution in [-0.2, 0) is 13.1 Å². The molecule has 158 valence electrons. The second-order valence-corrected chi connectivity index (χ2v) is 7.24. The minimum atomic E-state index is -0.344. The number of carbonyl (C=O) groups is 1. The van der Waals surface area contributed by atoms with Crippen LogP contribution in [0, 0.1) is 12.3 Å². The molecule has 32 heavy (non-hydrogen) atoms. The number of nitrogens with zero attached hydrogens (tertiary/aromatic N) is 2. The van der Waals surface area contributed by atoms with Crippen molar-refractivity contribution in [3.8, 4) is 12.3 Å². The minimum absolute atomic E-state index is 0.0625. The first-order valence-electron chi connectivity index (χ1n) is 10.2. The van der Waals surface area contributed by atoms with Crippen LogP contribution in [0.1, 0.15) is 22.9 Å². The number of aromatic nitrogens is 2. The van der Waals surface area contributed by atoms with Crippen molar-refractivity contribution in [2.75, 3.05) is 0 Å². The van der Waals surface area contributed by atoms with Crippen molar-refractivity contribution in [2.45, 2.75) is 19.1 Å². The van der Waals surface area contributed by atoms with Gasteiger partial charge in [0.15, 0.2) is 0 Å². The van der Waals surface area contributed by atoms with Gasteiger partial charge in [-0.1, -0.05) is 84.8 Å². The van der Waals surface area contributed by atoms with E-state index < -0.39 is 0 Å². The third-order valence-corrected chi connectivity index (χ3v) is 5.14. The molecule has 1 heterocycles. The Morgan fingerprint density at radius 2 is 1.47 bits per heavy atom. The molecule has 0 aliphatic heterocycles. The normalized spacial score (nSPS) is 10.6. The second kappa shape index (κ2) is 9.63. The van der Waals surface area contributed by atoms with E-state index in [2.05, 4.69) is 21.7 Å². The molecule has 0 aliphatic carbocycles. The van der Waals surface area contributed by atoms with Crippen molar-refractivity contribution in [3.05, 3.63) is 112 Å². The van der Waals surface area contributed by atoms with E-state index in [9.17, 15) is 9.59 Å². The molecule has 0 saturated carbocycles. The van der Waals surface area contributed by atoms with Crippen molar-refractivity contribution < 1.29 is 4.79 Å². The largest absolute Gasteiger partial charge is 0.332 e. The zero-order chi connectivity index (χ0) is 22.3. The van der Waals surface area contributed by atoms with Crippen molar-refractivity contribution in [1.29, 1.82) is 0 Å². The molecule has 6 heteroatoms. The molecule has 4 aromatic rings. The maximum Gasteiger partial charge on any atom is 0.315 e. The van der Waals surface area contributed by atoms with E-state index in [1.807, 2.05) is 72.8 Å². The molecule has 2 amide bonds. The summed E-state index contributed by atoms with van der Waals surface area (Å²) in [7, 11) is 0. The van der Waals surface area contributed by atoms with Gasteiger partial charge in [-0.15, -0.1) is 6.42 Å². The number of hydrogen-bond donors (Lipinski definition) is 2. The van der Waals surface area contributed by atoms with Gasteiger partial charge < -0.3 is 10.6 Å². The molecule has 0 unspecified atom stereocenters. The minimum Gasteiger partial charge on any atom is -0.332 e. The highest BCUT2D eigenvalue weighted by Gasteiger charge is 2.17. The average molecular weight is 422 g/mol. The number of nitrogens with one attached hydrogen (secondary N) is 2. The monoisotopic (exact) mass is 422 g/mol. The van der Waals surface area contributed by atoms with Crippen LogP contribution in [0.4, 0.5) is 4.79 Å². The first kappa shape index (κ1) is 20.9. The highest BCUT2D eigenvalue weighted by atomic mass is 16.2. The van der Waals surface area contributed by atoms with E-state index in [1.54, 1.807) is 12.1 Å². The number of rotatable bonds is 6. The van der Waals surface area contributed by atoms with E-state index in [4.69, 9.17) is 6.42 Å². The topological polar surface area (TPSA) is 76.0 Å². The van der Waals surface area contributed by atoms with E-state index in [0.717, 1.165) is 11.1 Å². The standard InChI is InChI=1S/C26H22N4O2/c1-2-17-30-25(31)22-16-10-9-15-21(22)23(29-30)18-27-26(32)28-24(19-11-5-3-6-12-19)20-13-7-4-8-14-20/h1,3-16,24H,17-18H2,(H2,27,28,32). The fraction of sp³-hybridized carbons (Fsp3) is 0.115. The van der Waals surface area contributed by atoms with Crippen molar-refractivity contribution in [1.82, 2.24) is 20.4 Å². The third kappa shape index (κ3) is 4.52. The van der Waals surface area contributed by atoms with Crippen LogP contribution in [0.3, 0.4) is 0 Å². The molecule has 0 spiro atoms. The van der Waals surface area contributed by atoms with Crippen molar-refractivity contribution >= 4 is 16.8 Å². The Kier molecular flexibility index (Phi) is 6.28. The summed E-state index contributed by atoms with van der Waals surface area (Å²) < 4.78 is 1.24. The highest BCUT2D eigenvalue weighted by molar-refractivity contribution is 5.84. The Balaban J connectivity index is 1.57. The molecule has 0 bridgehead atoms. The number of terminal acetylenes is 1. The maximum atomic E-state index is 12.8. The molecular weight excluding hydrogens is 400 g/mol. The Hall–Kier alpha value is -4.37. The first-order valence-corrected chi connectivity index (χ1v) is 10.2. The van der Waals surface area contributed by atoms with Gasteiger partial charge in [-0.3, -0.25) is 4.79 Å². The van der Waals surface area contributed by atoms with Crippen LogP contribution in [0.5, 0.6) is 0 Å². The summed E-state index contributed by atoms with van der Waals surface area (Å²) in [6.45, 7) is 0.209. The smallest absolute Gasteiger partial charge is 0.315 e. The zero-order valence-corrected chi connectivity index (χ0v) is 17.4. The lowest BCUT2D eigenvalue weighted by Gasteiger charge is -2.20. The van der Waals surface area contributed by atoms with Gasteiger partial charge in [-0.25, -0.2) is 9.48 Å². The van der Waals surface area contributed by atoms with Crippen LogP contribution in [0.15, 0.2) is 89.7 Å². The van der Waals surface area contributed by atoms with Gasteiger partial charge in [0, 0.05) is 5.39 Å². The number of fused-ring (bicyclic) bond motifs is 1. The van der Waals surface area contributed by atoms with E-state index in [1.165, 1.54) is 4.68 Å². The van der Waals surface area contributed by atoms with Gasteiger partial charge in [-0.2, -0.15) is 5.10 Å². The Bertz CT molecular complexity index is 1290. The molecule has 4 rings (SSSR count). The number of hydrogen-bond acceptors (Lipinski definition) is 3. The molecule has 0 saturated heterocycles. The molecule has 0 radical (unpaired) electrons. The summed E-state index contributed by atoms with van der Waals surface area (Å²) >= 11 is 0. The van der Waals surface area contributed by atoms with Gasteiger partial charge >= 0.3 is 6.03 Å². The number of benzene rings is 3. The first-order chi connectivity index (χ1) is 15.7. The quantitative estimate of drug-likeness (QED) is 0.466. The number of amides is 2. The van der Waals surface area contributed by atoms with Crippen molar-refractivity contribution in [3.63, 3.8) is 0 Å². The Morgan fingerprint density at radius 1 is 0.906 bits per heavy atom. The molecule has 1 aromatic heterocycles. The van der Waals surface area contributed by atoms with E-state index >= 15 is 0 Å². The zero-order valence-electron chi connectivity index (χ0n) is 17.4. The Morgan fingerprint density at radius 3 is 2.06 bits per heavy atom. The van der Waals surface area contributed by atoms with Crippen LogP contribution in [0.25, 0.3) is 10.8 Å². The molecule has 0 fully saturated rings. The van der Waals surface area contributed by atoms with Crippen LogP contribution in [0.2, 0.25) is 0 Å². The third-order valence-electron chi connectivity index (χ3n) is 5.14. The van der Waals surface area contributed by atoms with Gasteiger partial charge in [-0.05, 0) is 17.2 Å². The molecule has 0 atom stereocenters. The van der Waals surface area contributed by atoms with Gasteiger partial charge in [0.1, 0.15) is 6.54 Å². The lowest BCUT2D eigenvalue weighted by atomic mass is 9.99. The summed E-state index contributed by atoms with van der Waals surface area (Å²) in [5, 5.41) is 11.5. The summed E-state index contributed by atoms with van der Waals surface area (Å²) in [4.78, 5) is 25.4. The molecule has 6 nitrogen and oxygen atoms in total. The lowest BCUT2D eigenvalue weighted by molar-refractivity contribution is 0.238. The van der Waals surface area contributed by atoms with Gasteiger partial charge in [0.05, 0.1) is 23.7 Å². The molecule has 2 N–H and O–H groups in total. The average Bonchev–Trinajstić information content (AvgIpc) is 2.85. The van der Waals surface area contributed by atoms with E-state index in [-0.39, 0.29) is 30.7 Å². The highest BCUT2D eigenvalue weighted by Crippen LogP contribution is 2.21. The molecule has 3 aromatic carbocycles. The predicted molar refractivity (Wildman–Crippen MR) is 125 cm³/mol. The van der Waals surface area contributed by atoms with Crippen molar-refractivity contribution in [2.24, 2.45) is 0 Å². The van der Waals surface area contributed by atoms with Crippen LogP contribution < -0.4 is 16.2 Å². The summed E-state index contributed by atoms with van der Waals surface area (Å²) in [5.41, 5.74) is 2.27. The van der Waals surface area contributed by atoms with Crippen LogP contribution >= 0.6 is 0 Å². The van der Waals surface area contributed by atoms with Crippen LogP contribution in [-0.4, -0.2) is 15.8 Å². The summed E-state index contributed by atoms with van der Waals surface area (Å²) in [6.07, 6.45) is 5.38. The molecule has 0 aliphatic rings. The lowest BCUT2D eigenvalue weighted by Crippen LogP contribution is -2.38. The summed E-state index contributed by atoms with van der Waals surface area (Å²) in [5.74, 6) is 2.44. The fourth-order valence-electron chi connectivity index (χ4n) is 3.63. The van der Waals surface area contributed by atoms with Gasteiger partial charge in [0.25, 0.3) is 5.56 Å². The summed E-state index contributed by atoms with van der Waals surface area (Å²) in [6, 6.07) is 26.1. The fourth-order valence-corrected chi connectivity index (χ4v) is 3.63.